The molecule has 1 aromatic heterocycles. The molecule has 2 rings (SSSR count). The molecule has 0 amide bonds. The Hall–Kier alpha value is -2.55. The van der Waals surface area contributed by atoms with Crippen LogP contribution >= 0.6 is 0 Å². The monoisotopic (exact) mass is 323 g/mol. The Morgan fingerprint density at radius 2 is 2.04 bits per heavy atom. The Kier molecular flexibility index (Phi) is 6.19. The summed E-state index contributed by atoms with van der Waals surface area (Å²) < 4.78 is 13.2. The number of allylic oxidation sites excluding steroid dienone is 3. The largest absolute Gasteiger partial charge is 0.294 e. The number of hydrogen-bond donors (Lipinski definition) is 0. The van der Waals surface area contributed by atoms with E-state index in [9.17, 15) is 9.18 Å². The summed E-state index contributed by atoms with van der Waals surface area (Å²) in [5.41, 5.74) is 4.15. The summed E-state index contributed by atoms with van der Waals surface area (Å²) in [5.74, 6) is -0.212. The lowest BCUT2D eigenvalue weighted by atomic mass is 10.0. The maximum atomic E-state index is 13.2. The molecular weight excluding hydrogens is 301 g/mol. The standard InChI is InChI=1S/C21H22FNO/c1-4-17(5-2)20-13-12-19(15(3)24)21(23-20)11-7-9-16-8-6-10-18(22)14-16/h4-6,8,10,12-14H,1,7,9,11H2,2-3H3/b17-5+. The first kappa shape index (κ1) is 17.8. The Morgan fingerprint density at radius 1 is 1.25 bits per heavy atom. The van der Waals surface area contributed by atoms with Crippen molar-refractivity contribution in [3.05, 3.63) is 83.5 Å². The summed E-state index contributed by atoms with van der Waals surface area (Å²) in [4.78, 5) is 16.5. The number of benzene rings is 1. The number of rotatable bonds is 7. The lowest BCUT2D eigenvalue weighted by Gasteiger charge is -2.10. The number of carbonyl (C=O) groups is 1. The zero-order valence-corrected chi connectivity index (χ0v) is 14.2. The number of aryl methyl sites for hydroxylation is 2. The molecule has 24 heavy (non-hydrogen) atoms. The molecule has 0 spiro atoms. The maximum absolute atomic E-state index is 13.2. The van der Waals surface area contributed by atoms with Crippen LogP contribution in [0.15, 0.2) is 55.1 Å². The zero-order valence-electron chi connectivity index (χ0n) is 14.2. The fraction of sp³-hybridized carbons (Fsp3) is 0.238. The van der Waals surface area contributed by atoms with Crippen LogP contribution in [-0.4, -0.2) is 10.8 Å². The lowest BCUT2D eigenvalue weighted by Crippen LogP contribution is -2.05. The van der Waals surface area contributed by atoms with E-state index < -0.39 is 0 Å². The Bertz CT molecular complexity index is 777. The molecule has 2 nitrogen and oxygen atoms in total. The number of ketones is 1. The van der Waals surface area contributed by atoms with E-state index in [1.807, 2.05) is 31.2 Å². The Morgan fingerprint density at radius 3 is 2.67 bits per heavy atom. The first-order valence-electron chi connectivity index (χ1n) is 8.09. The molecule has 0 fully saturated rings. The van der Waals surface area contributed by atoms with Gasteiger partial charge in [-0.25, -0.2) is 4.39 Å². The third kappa shape index (κ3) is 4.48. The predicted octanol–water partition coefficient (Wildman–Crippen LogP) is 5.19. The van der Waals surface area contributed by atoms with E-state index in [2.05, 4.69) is 11.6 Å². The molecule has 0 bridgehead atoms. The highest BCUT2D eigenvalue weighted by Gasteiger charge is 2.11. The number of pyridine rings is 1. The molecule has 0 radical (unpaired) electrons. The molecule has 0 saturated heterocycles. The molecule has 1 aromatic carbocycles. The number of Topliss-reactive ketones (excluding diaryl/α,β-unsaturated/α-hetero) is 1. The van der Waals surface area contributed by atoms with Gasteiger partial charge in [-0.2, -0.15) is 0 Å². The van der Waals surface area contributed by atoms with Gasteiger partial charge in [0.2, 0.25) is 0 Å². The van der Waals surface area contributed by atoms with Crippen molar-refractivity contribution in [2.24, 2.45) is 0 Å². The van der Waals surface area contributed by atoms with E-state index in [1.54, 1.807) is 25.1 Å². The van der Waals surface area contributed by atoms with Gasteiger partial charge in [-0.15, -0.1) is 0 Å². The van der Waals surface area contributed by atoms with Crippen LogP contribution in [0.3, 0.4) is 0 Å². The van der Waals surface area contributed by atoms with Gasteiger partial charge in [0, 0.05) is 5.56 Å². The van der Waals surface area contributed by atoms with E-state index >= 15 is 0 Å². The first-order chi connectivity index (χ1) is 11.5. The van der Waals surface area contributed by atoms with Gasteiger partial charge in [0.1, 0.15) is 5.82 Å². The molecule has 0 saturated carbocycles. The van der Waals surface area contributed by atoms with Crippen LogP contribution in [0, 0.1) is 5.82 Å². The normalized spacial score (nSPS) is 11.4. The van der Waals surface area contributed by atoms with Crippen LogP contribution in [0.4, 0.5) is 4.39 Å². The van der Waals surface area contributed by atoms with Crippen molar-refractivity contribution in [3.8, 4) is 0 Å². The molecule has 0 unspecified atom stereocenters. The summed E-state index contributed by atoms with van der Waals surface area (Å²) in [6.07, 6.45) is 5.93. The van der Waals surface area contributed by atoms with Crippen molar-refractivity contribution in [3.63, 3.8) is 0 Å². The van der Waals surface area contributed by atoms with Crippen molar-refractivity contribution >= 4 is 11.4 Å². The van der Waals surface area contributed by atoms with Crippen molar-refractivity contribution in [2.45, 2.75) is 33.1 Å². The number of carbonyl (C=O) groups excluding carboxylic acids is 1. The van der Waals surface area contributed by atoms with Gasteiger partial charge in [-0.3, -0.25) is 9.78 Å². The molecule has 3 heteroatoms. The molecule has 0 N–H and O–H groups in total. The fourth-order valence-corrected chi connectivity index (χ4v) is 2.70. The molecule has 0 atom stereocenters. The van der Waals surface area contributed by atoms with Crippen molar-refractivity contribution in [2.75, 3.05) is 0 Å². The van der Waals surface area contributed by atoms with Gasteiger partial charge in [0.05, 0.1) is 11.4 Å². The van der Waals surface area contributed by atoms with Gasteiger partial charge in [-0.1, -0.05) is 30.9 Å². The van der Waals surface area contributed by atoms with E-state index in [4.69, 9.17) is 0 Å². The van der Waals surface area contributed by atoms with Crippen LogP contribution in [-0.2, 0) is 12.8 Å². The van der Waals surface area contributed by atoms with Crippen LogP contribution < -0.4 is 0 Å². The van der Waals surface area contributed by atoms with Crippen molar-refractivity contribution in [1.82, 2.24) is 4.98 Å². The quantitative estimate of drug-likeness (QED) is 0.518. The molecule has 124 valence electrons. The number of aromatic nitrogens is 1. The van der Waals surface area contributed by atoms with Gasteiger partial charge < -0.3 is 0 Å². The molecule has 0 aliphatic rings. The first-order valence-corrected chi connectivity index (χ1v) is 8.09. The average molecular weight is 323 g/mol. The maximum Gasteiger partial charge on any atom is 0.161 e. The van der Waals surface area contributed by atoms with E-state index in [0.717, 1.165) is 35.4 Å². The third-order valence-electron chi connectivity index (χ3n) is 3.95. The predicted molar refractivity (Wildman–Crippen MR) is 96.5 cm³/mol. The van der Waals surface area contributed by atoms with Gasteiger partial charge in [0.15, 0.2) is 5.78 Å². The van der Waals surface area contributed by atoms with E-state index in [0.29, 0.717) is 12.0 Å². The summed E-state index contributed by atoms with van der Waals surface area (Å²) >= 11 is 0. The van der Waals surface area contributed by atoms with Crippen LogP contribution in [0.25, 0.3) is 5.57 Å². The minimum atomic E-state index is -0.222. The third-order valence-corrected chi connectivity index (χ3v) is 3.95. The summed E-state index contributed by atoms with van der Waals surface area (Å²) in [5, 5.41) is 0. The lowest BCUT2D eigenvalue weighted by molar-refractivity contribution is 0.101. The second-order valence-corrected chi connectivity index (χ2v) is 5.68. The topological polar surface area (TPSA) is 30.0 Å². The number of nitrogens with zero attached hydrogens (tertiary/aromatic N) is 1. The number of hydrogen-bond acceptors (Lipinski definition) is 2. The molecule has 2 aromatic rings. The highest BCUT2D eigenvalue weighted by atomic mass is 19.1. The smallest absolute Gasteiger partial charge is 0.161 e. The Balaban J connectivity index is 2.18. The SMILES string of the molecule is C=C/C(=C\C)c1ccc(C(C)=O)c(CCCc2cccc(F)c2)n1. The Labute approximate surface area is 142 Å². The second-order valence-electron chi connectivity index (χ2n) is 5.68. The summed E-state index contributed by atoms with van der Waals surface area (Å²) in [7, 11) is 0. The van der Waals surface area contributed by atoms with E-state index in [1.165, 1.54) is 6.07 Å². The average Bonchev–Trinajstić information content (AvgIpc) is 2.56. The van der Waals surface area contributed by atoms with Crippen LogP contribution in [0.1, 0.15) is 47.6 Å². The number of halogens is 1. The second kappa shape index (κ2) is 8.34. The van der Waals surface area contributed by atoms with E-state index in [-0.39, 0.29) is 11.6 Å². The summed E-state index contributed by atoms with van der Waals surface area (Å²) in [6.45, 7) is 7.28. The van der Waals surface area contributed by atoms with Crippen LogP contribution in [0.2, 0.25) is 0 Å². The fourth-order valence-electron chi connectivity index (χ4n) is 2.70. The van der Waals surface area contributed by atoms with Crippen LogP contribution in [0.5, 0.6) is 0 Å². The highest BCUT2D eigenvalue weighted by molar-refractivity contribution is 5.95. The zero-order chi connectivity index (χ0) is 17.5. The molecular formula is C21H22FNO. The molecule has 0 aliphatic heterocycles. The highest BCUT2D eigenvalue weighted by Crippen LogP contribution is 2.18. The summed E-state index contributed by atoms with van der Waals surface area (Å²) in [6, 6.07) is 10.3. The van der Waals surface area contributed by atoms with Gasteiger partial charge in [0.25, 0.3) is 0 Å². The van der Waals surface area contributed by atoms with Crippen molar-refractivity contribution < 1.29 is 9.18 Å². The van der Waals surface area contributed by atoms with Crippen molar-refractivity contribution in [1.29, 1.82) is 0 Å². The molecule has 1 heterocycles. The van der Waals surface area contributed by atoms with Gasteiger partial charge in [-0.05, 0) is 68.5 Å². The molecule has 0 aliphatic carbocycles. The minimum Gasteiger partial charge on any atom is -0.294 e. The van der Waals surface area contributed by atoms with Gasteiger partial charge >= 0.3 is 0 Å². The minimum absolute atomic E-state index is 0.00966.